The van der Waals surface area contributed by atoms with Crippen molar-refractivity contribution in [1.82, 2.24) is 4.90 Å². The topological polar surface area (TPSA) is 20.3 Å². The van der Waals surface area contributed by atoms with Gasteiger partial charge in [0.2, 0.25) is 0 Å². The fourth-order valence-electron chi connectivity index (χ4n) is 2.01. The molecule has 1 aromatic carbocycles. The Kier molecular flexibility index (Phi) is 4.13. The van der Waals surface area contributed by atoms with E-state index < -0.39 is 0 Å². The van der Waals surface area contributed by atoms with Crippen molar-refractivity contribution in [3.63, 3.8) is 0 Å². The fraction of sp³-hybridized carbons (Fsp3) is 0.462. The first-order chi connectivity index (χ1) is 7.74. The van der Waals surface area contributed by atoms with Crippen LogP contribution in [0.15, 0.2) is 28.7 Å². The lowest BCUT2D eigenvalue weighted by Gasteiger charge is -2.25. The highest BCUT2D eigenvalue weighted by Crippen LogP contribution is 2.13. The molecule has 0 atom stereocenters. The van der Waals surface area contributed by atoms with Crippen molar-refractivity contribution < 1.29 is 4.79 Å². The van der Waals surface area contributed by atoms with E-state index in [0.29, 0.717) is 5.78 Å². The first-order valence-corrected chi connectivity index (χ1v) is 6.52. The van der Waals surface area contributed by atoms with Gasteiger partial charge in [0.05, 0.1) is 0 Å². The third-order valence-electron chi connectivity index (χ3n) is 3.02. The molecule has 0 bridgehead atoms. The van der Waals surface area contributed by atoms with Gasteiger partial charge in [-0.25, -0.2) is 0 Å². The van der Waals surface area contributed by atoms with Crippen LogP contribution in [0, 0.1) is 0 Å². The lowest BCUT2D eigenvalue weighted by Crippen LogP contribution is -2.35. The maximum atomic E-state index is 11.1. The van der Waals surface area contributed by atoms with E-state index in [4.69, 9.17) is 0 Å². The first-order valence-electron chi connectivity index (χ1n) is 5.72. The van der Waals surface area contributed by atoms with Crippen LogP contribution in [0.25, 0.3) is 0 Å². The number of carbonyl (C=O) groups excluding carboxylic acids is 1. The number of ketones is 1. The maximum absolute atomic E-state index is 11.1. The Bertz CT molecular complexity index is 368. The maximum Gasteiger partial charge on any atom is 0.135 e. The van der Waals surface area contributed by atoms with Gasteiger partial charge in [-0.3, -0.25) is 4.79 Å². The van der Waals surface area contributed by atoms with Gasteiger partial charge in [0.15, 0.2) is 0 Å². The van der Waals surface area contributed by atoms with Crippen molar-refractivity contribution in [2.24, 2.45) is 0 Å². The summed E-state index contributed by atoms with van der Waals surface area (Å²) in [7, 11) is 0. The standard InChI is InChI=1S/C13H16BrNO/c14-12-3-1-2-11(10-12)4-7-15-8-5-13(16)6-9-15/h1-3,10H,4-9H2. The average Bonchev–Trinajstić information content (AvgIpc) is 2.28. The van der Waals surface area contributed by atoms with Crippen LogP contribution in [0.5, 0.6) is 0 Å². The minimum atomic E-state index is 0.415. The fourth-order valence-corrected chi connectivity index (χ4v) is 2.45. The zero-order valence-electron chi connectivity index (χ0n) is 9.29. The normalized spacial score (nSPS) is 17.7. The molecule has 1 fully saturated rings. The summed E-state index contributed by atoms with van der Waals surface area (Å²) >= 11 is 3.48. The van der Waals surface area contributed by atoms with Gasteiger partial charge < -0.3 is 4.90 Å². The van der Waals surface area contributed by atoms with Crippen molar-refractivity contribution in [2.45, 2.75) is 19.3 Å². The molecule has 1 aliphatic heterocycles. The lowest BCUT2D eigenvalue weighted by atomic mass is 10.1. The van der Waals surface area contributed by atoms with E-state index in [2.05, 4.69) is 39.0 Å². The molecule has 0 unspecified atom stereocenters. The third kappa shape index (κ3) is 3.42. The summed E-state index contributed by atoms with van der Waals surface area (Å²) in [5.41, 5.74) is 1.35. The number of likely N-dealkylation sites (tertiary alicyclic amines) is 1. The molecule has 1 aliphatic rings. The lowest BCUT2D eigenvalue weighted by molar-refractivity contribution is -0.121. The zero-order chi connectivity index (χ0) is 11.4. The molecule has 2 nitrogen and oxygen atoms in total. The summed E-state index contributed by atoms with van der Waals surface area (Å²) in [6, 6.07) is 8.43. The summed E-state index contributed by atoms with van der Waals surface area (Å²) in [6.45, 7) is 2.93. The largest absolute Gasteiger partial charge is 0.302 e. The molecular formula is C13H16BrNO. The highest BCUT2D eigenvalue weighted by molar-refractivity contribution is 9.10. The number of benzene rings is 1. The monoisotopic (exact) mass is 281 g/mol. The second-order valence-corrected chi connectivity index (χ2v) is 5.18. The molecular weight excluding hydrogens is 266 g/mol. The number of nitrogens with zero attached hydrogens (tertiary/aromatic N) is 1. The number of halogens is 1. The molecule has 16 heavy (non-hydrogen) atoms. The van der Waals surface area contributed by atoms with Crippen LogP contribution < -0.4 is 0 Å². The van der Waals surface area contributed by atoms with Crippen LogP contribution in [0.1, 0.15) is 18.4 Å². The second kappa shape index (κ2) is 5.60. The molecule has 1 saturated heterocycles. The van der Waals surface area contributed by atoms with Crippen molar-refractivity contribution in [3.05, 3.63) is 34.3 Å². The molecule has 0 aromatic heterocycles. The molecule has 3 heteroatoms. The molecule has 0 aliphatic carbocycles. The highest BCUT2D eigenvalue weighted by atomic mass is 79.9. The first kappa shape index (κ1) is 11.8. The minimum absolute atomic E-state index is 0.415. The van der Waals surface area contributed by atoms with Crippen LogP contribution >= 0.6 is 15.9 Å². The van der Waals surface area contributed by atoms with E-state index in [-0.39, 0.29) is 0 Å². The third-order valence-corrected chi connectivity index (χ3v) is 3.51. The number of rotatable bonds is 3. The molecule has 1 aromatic rings. The van der Waals surface area contributed by atoms with Gasteiger partial charge in [-0.15, -0.1) is 0 Å². The van der Waals surface area contributed by atoms with Crippen molar-refractivity contribution >= 4 is 21.7 Å². The number of hydrogen-bond acceptors (Lipinski definition) is 2. The minimum Gasteiger partial charge on any atom is -0.302 e. The van der Waals surface area contributed by atoms with Crippen molar-refractivity contribution in [1.29, 1.82) is 0 Å². The van der Waals surface area contributed by atoms with E-state index in [9.17, 15) is 4.79 Å². The molecule has 1 heterocycles. The van der Waals surface area contributed by atoms with Crippen LogP contribution in [-0.4, -0.2) is 30.3 Å². The Morgan fingerprint density at radius 1 is 1.25 bits per heavy atom. The zero-order valence-corrected chi connectivity index (χ0v) is 10.9. The van der Waals surface area contributed by atoms with E-state index in [0.717, 1.165) is 43.4 Å². The summed E-state index contributed by atoms with van der Waals surface area (Å²) in [4.78, 5) is 13.5. The molecule has 0 radical (unpaired) electrons. The number of hydrogen-bond donors (Lipinski definition) is 0. The predicted octanol–water partition coefficient (Wildman–Crippen LogP) is 2.66. The Balaban J connectivity index is 1.81. The van der Waals surface area contributed by atoms with Gasteiger partial charge in [-0.1, -0.05) is 28.1 Å². The van der Waals surface area contributed by atoms with Gasteiger partial charge in [0.25, 0.3) is 0 Å². The highest BCUT2D eigenvalue weighted by Gasteiger charge is 2.15. The van der Waals surface area contributed by atoms with Crippen LogP contribution in [0.3, 0.4) is 0 Å². The van der Waals surface area contributed by atoms with E-state index in [1.165, 1.54) is 5.56 Å². The van der Waals surface area contributed by atoms with Crippen molar-refractivity contribution in [3.8, 4) is 0 Å². The van der Waals surface area contributed by atoms with Gasteiger partial charge in [-0.05, 0) is 24.1 Å². The Morgan fingerprint density at radius 3 is 2.69 bits per heavy atom. The van der Waals surface area contributed by atoms with E-state index in [1.807, 2.05) is 6.07 Å². The summed E-state index contributed by atoms with van der Waals surface area (Å²) in [5.74, 6) is 0.415. The molecule has 2 rings (SSSR count). The Morgan fingerprint density at radius 2 is 2.00 bits per heavy atom. The predicted molar refractivity (Wildman–Crippen MR) is 68.5 cm³/mol. The number of Topliss-reactive ketones (excluding diaryl/α,β-unsaturated/α-hetero) is 1. The molecule has 0 amide bonds. The number of carbonyl (C=O) groups is 1. The second-order valence-electron chi connectivity index (χ2n) is 4.26. The number of piperidine rings is 1. The summed E-state index contributed by atoms with van der Waals surface area (Å²) < 4.78 is 1.14. The molecule has 0 spiro atoms. The summed E-state index contributed by atoms with van der Waals surface area (Å²) in [5, 5.41) is 0. The van der Waals surface area contributed by atoms with E-state index >= 15 is 0 Å². The molecule has 86 valence electrons. The van der Waals surface area contributed by atoms with Crippen LogP contribution in [0.4, 0.5) is 0 Å². The van der Waals surface area contributed by atoms with Crippen molar-refractivity contribution in [2.75, 3.05) is 19.6 Å². The Labute approximate surface area is 105 Å². The SMILES string of the molecule is O=C1CCN(CCc2cccc(Br)c2)CC1. The quantitative estimate of drug-likeness (QED) is 0.849. The average molecular weight is 282 g/mol. The molecule has 0 saturated carbocycles. The van der Waals surface area contributed by atoms with E-state index in [1.54, 1.807) is 0 Å². The smallest absolute Gasteiger partial charge is 0.135 e. The van der Waals surface area contributed by atoms with Gasteiger partial charge in [0, 0.05) is 36.9 Å². The Hall–Kier alpha value is -0.670. The van der Waals surface area contributed by atoms with Gasteiger partial charge >= 0.3 is 0 Å². The van der Waals surface area contributed by atoms with Gasteiger partial charge in [0.1, 0.15) is 5.78 Å². The molecule has 0 N–H and O–H groups in total. The van der Waals surface area contributed by atoms with Crippen LogP contribution in [-0.2, 0) is 11.2 Å². The summed E-state index contributed by atoms with van der Waals surface area (Å²) in [6.07, 6.45) is 2.53. The van der Waals surface area contributed by atoms with Crippen LogP contribution in [0.2, 0.25) is 0 Å². The van der Waals surface area contributed by atoms with Gasteiger partial charge in [-0.2, -0.15) is 0 Å².